The molecule has 0 aliphatic heterocycles. The van der Waals surface area contributed by atoms with Gasteiger partial charge in [0.25, 0.3) is 5.91 Å². The molecule has 30 heavy (non-hydrogen) atoms. The van der Waals surface area contributed by atoms with Crippen molar-refractivity contribution in [3.05, 3.63) is 81.8 Å². The van der Waals surface area contributed by atoms with Gasteiger partial charge in [0.05, 0.1) is 19.9 Å². The van der Waals surface area contributed by atoms with Crippen LogP contribution in [0.15, 0.2) is 59.4 Å². The minimum Gasteiger partial charge on any atom is -0.493 e. The van der Waals surface area contributed by atoms with Gasteiger partial charge in [-0.25, -0.2) is 4.68 Å². The topological polar surface area (TPSA) is 73.7 Å². The van der Waals surface area contributed by atoms with Crippen LogP contribution in [0.2, 0.25) is 0 Å². The molecule has 1 heterocycles. The summed E-state index contributed by atoms with van der Waals surface area (Å²) in [4.78, 5) is 26.9. The fraction of sp³-hybridized carbons (Fsp3) is 0.261. The van der Waals surface area contributed by atoms with Crippen molar-refractivity contribution in [2.45, 2.75) is 13.3 Å². The molecule has 3 aromatic rings. The first-order valence-corrected chi connectivity index (χ1v) is 9.57. The molecular weight excluding hydrogens is 382 g/mol. The number of carbonyl (C=O) groups is 1. The van der Waals surface area contributed by atoms with E-state index in [1.807, 2.05) is 48.5 Å². The largest absolute Gasteiger partial charge is 0.493 e. The normalized spacial score (nSPS) is 10.5. The lowest BCUT2D eigenvalue weighted by molar-refractivity contribution is 0.0787. The van der Waals surface area contributed by atoms with Gasteiger partial charge in [-0.2, -0.15) is 5.10 Å². The van der Waals surface area contributed by atoms with E-state index in [9.17, 15) is 9.59 Å². The fourth-order valence-corrected chi connectivity index (χ4v) is 3.14. The summed E-state index contributed by atoms with van der Waals surface area (Å²) in [6.07, 6.45) is 0.599. The summed E-state index contributed by atoms with van der Waals surface area (Å²) in [6.45, 7) is 2.21. The number of hydrogen-bond donors (Lipinski definition) is 0. The second-order valence-electron chi connectivity index (χ2n) is 6.91. The predicted octanol–water partition coefficient (Wildman–Crippen LogP) is 2.87. The third-order valence-electron chi connectivity index (χ3n) is 4.84. The summed E-state index contributed by atoms with van der Waals surface area (Å²) < 4.78 is 12.2. The van der Waals surface area contributed by atoms with E-state index in [-0.39, 0.29) is 11.1 Å². The number of hydrogen-bond acceptors (Lipinski definition) is 5. The summed E-state index contributed by atoms with van der Waals surface area (Å²) in [6, 6.07) is 16.5. The number of methoxy groups -OCH3 is 2. The smallest absolute Gasteiger partial charge is 0.278 e. The summed E-state index contributed by atoms with van der Waals surface area (Å²) in [5.74, 6) is 0.871. The van der Waals surface area contributed by atoms with Gasteiger partial charge in [0.2, 0.25) is 5.43 Å². The average molecular weight is 407 g/mol. The summed E-state index contributed by atoms with van der Waals surface area (Å²) in [7, 11) is 4.83. The quantitative estimate of drug-likeness (QED) is 0.602. The molecule has 0 aliphatic rings. The molecule has 3 rings (SSSR count). The minimum atomic E-state index is -0.412. The molecule has 1 amide bonds. The van der Waals surface area contributed by atoms with Crippen LogP contribution < -0.4 is 14.9 Å². The molecule has 0 saturated carbocycles. The standard InChI is InChI=1S/C23H25N3O4/c1-16-14-19(27)22(24-26(16)18-8-6-5-7-9-18)23(28)25(2)13-12-17-10-11-20(29-3)21(15-17)30-4/h5-11,14-15H,12-13H2,1-4H3. The number of ether oxygens (including phenoxy) is 2. The average Bonchev–Trinajstić information content (AvgIpc) is 2.77. The number of nitrogens with zero attached hydrogens (tertiary/aromatic N) is 3. The van der Waals surface area contributed by atoms with E-state index in [0.717, 1.165) is 11.3 Å². The third-order valence-corrected chi connectivity index (χ3v) is 4.84. The van der Waals surface area contributed by atoms with E-state index in [4.69, 9.17) is 9.47 Å². The molecule has 0 saturated heterocycles. The first kappa shape index (κ1) is 21.1. The molecule has 0 aliphatic carbocycles. The third kappa shape index (κ3) is 4.51. The Kier molecular flexibility index (Phi) is 6.51. The van der Waals surface area contributed by atoms with Crippen LogP contribution in [0.1, 0.15) is 21.7 Å². The van der Waals surface area contributed by atoms with Crippen LogP contribution in [0.25, 0.3) is 5.69 Å². The zero-order valence-electron chi connectivity index (χ0n) is 17.6. The van der Waals surface area contributed by atoms with Gasteiger partial charge >= 0.3 is 0 Å². The lowest BCUT2D eigenvalue weighted by atomic mass is 10.1. The summed E-state index contributed by atoms with van der Waals surface area (Å²) in [5, 5.41) is 4.34. The van der Waals surface area contributed by atoms with Crippen molar-refractivity contribution in [3.8, 4) is 17.2 Å². The maximum absolute atomic E-state index is 12.9. The number of para-hydroxylation sites is 1. The van der Waals surface area contributed by atoms with E-state index in [2.05, 4.69) is 5.10 Å². The molecule has 7 heteroatoms. The molecule has 7 nitrogen and oxygen atoms in total. The number of benzene rings is 2. The molecule has 0 fully saturated rings. The van der Waals surface area contributed by atoms with E-state index >= 15 is 0 Å². The Morgan fingerprint density at radius 3 is 2.40 bits per heavy atom. The zero-order chi connectivity index (χ0) is 21.7. The van der Waals surface area contributed by atoms with E-state index in [0.29, 0.717) is 30.2 Å². The Labute approximate surface area is 175 Å². The van der Waals surface area contributed by atoms with Crippen LogP contribution in [-0.4, -0.2) is 48.4 Å². The molecule has 156 valence electrons. The summed E-state index contributed by atoms with van der Waals surface area (Å²) >= 11 is 0. The Balaban J connectivity index is 1.79. The number of rotatable bonds is 7. The van der Waals surface area contributed by atoms with Gasteiger partial charge in [0.1, 0.15) is 0 Å². The first-order valence-electron chi connectivity index (χ1n) is 9.57. The fourth-order valence-electron chi connectivity index (χ4n) is 3.14. The number of aryl methyl sites for hydroxylation is 1. The Bertz CT molecular complexity index is 1090. The molecule has 0 unspecified atom stereocenters. The number of amides is 1. The van der Waals surface area contributed by atoms with Crippen LogP contribution in [0.5, 0.6) is 11.5 Å². The molecule has 0 spiro atoms. The molecule has 1 aromatic heterocycles. The van der Waals surface area contributed by atoms with E-state index in [1.165, 1.54) is 11.0 Å². The maximum atomic E-state index is 12.9. The predicted molar refractivity (Wildman–Crippen MR) is 115 cm³/mol. The lowest BCUT2D eigenvalue weighted by Gasteiger charge is -2.18. The van der Waals surface area contributed by atoms with Crippen molar-refractivity contribution in [2.75, 3.05) is 27.8 Å². The summed E-state index contributed by atoms with van der Waals surface area (Å²) in [5.41, 5.74) is 1.96. The Hall–Kier alpha value is -3.61. The van der Waals surface area contributed by atoms with Crippen LogP contribution >= 0.6 is 0 Å². The Morgan fingerprint density at radius 2 is 1.73 bits per heavy atom. The number of carbonyl (C=O) groups excluding carboxylic acids is 1. The zero-order valence-corrected chi connectivity index (χ0v) is 17.6. The highest BCUT2D eigenvalue weighted by Gasteiger charge is 2.19. The van der Waals surface area contributed by atoms with Crippen LogP contribution in [0.4, 0.5) is 0 Å². The monoisotopic (exact) mass is 407 g/mol. The van der Waals surface area contributed by atoms with Gasteiger partial charge in [0.15, 0.2) is 17.2 Å². The van der Waals surface area contributed by atoms with Crippen molar-refractivity contribution < 1.29 is 14.3 Å². The lowest BCUT2D eigenvalue weighted by Crippen LogP contribution is -2.34. The Morgan fingerprint density at radius 1 is 1.03 bits per heavy atom. The first-order chi connectivity index (χ1) is 14.4. The van der Waals surface area contributed by atoms with Gasteiger partial charge in [-0.05, 0) is 43.2 Å². The van der Waals surface area contributed by atoms with Crippen molar-refractivity contribution >= 4 is 5.91 Å². The van der Waals surface area contributed by atoms with Crippen molar-refractivity contribution in [3.63, 3.8) is 0 Å². The van der Waals surface area contributed by atoms with Crippen LogP contribution in [-0.2, 0) is 6.42 Å². The molecule has 0 atom stereocenters. The van der Waals surface area contributed by atoms with Gasteiger partial charge in [-0.3, -0.25) is 9.59 Å². The van der Waals surface area contributed by atoms with Gasteiger partial charge in [-0.15, -0.1) is 0 Å². The van der Waals surface area contributed by atoms with Crippen molar-refractivity contribution in [1.29, 1.82) is 0 Å². The molecule has 0 bridgehead atoms. The number of likely N-dealkylation sites (N-methyl/N-ethyl adjacent to an activating group) is 1. The van der Waals surface area contributed by atoms with Crippen LogP contribution in [0, 0.1) is 6.92 Å². The molecular formula is C23H25N3O4. The highest BCUT2D eigenvalue weighted by atomic mass is 16.5. The second kappa shape index (κ2) is 9.26. The maximum Gasteiger partial charge on any atom is 0.278 e. The van der Waals surface area contributed by atoms with E-state index < -0.39 is 5.91 Å². The molecule has 2 aromatic carbocycles. The van der Waals surface area contributed by atoms with Gasteiger partial charge in [0, 0.05) is 25.4 Å². The van der Waals surface area contributed by atoms with Crippen molar-refractivity contribution in [1.82, 2.24) is 14.7 Å². The second-order valence-corrected chi connectivity index (χ2v) is 6.91. The highest BCUT2D eigenvalue weighted by molar-refractivity contribution is 5.91. The van der Waals surface area contributed by atoms with Crippen molar-refractivity contribution in [2.24, 2.45) is 0 Å². The number of aromatic nitrogens is 2. The van der Waals surface area contributed by atoms with E-state index in [1.54, 1.807) is 32.9 Å². The highest BCUT2D eigenvalue weighted by Crippen LogP contribution is 2.27. The SMILES string of the molecule is COc1ccc(CCN(C)C(=O)c2nn(-c3ccccc3)c(C)cc2=O)cc1OC. The van der Waals surface area contributed by atoms with Gasteiger partial charge < -0.3 is 14.4 Å². The van der Waals surface area contributed by atoms with Crippen LogP contribution in [0.3, 0.4) is 0 Å². The molecule has 0 radical (unpaired) electrons. The van der Waals surface area contributed by atoms with Gasteiger partial charge in [-0.1, -0.05) is 24.3 Å². The molecule has 0 N–H and O–H groups in total. The minimum absolute atomic E-state index is 0.0979.